The van der Waals surface area contributed by atoms with Gasteiger partial charge in [-0.05, 0) is 31.2 Å². The third kappa shape index (κ3) is 4.20. The molecule has 2 heterocycles. The van der Waals surface area contributed by atoms with Crippen LogP contribution in [-0.4, -0.2) is 31.6 Å². The number of benzene rings is 1. The smallest absolute Gasteiger partial charge is 0.274 e. The van der Waals surface area contributed by atoms with Crippen molar-refractivity contribution in [1.82, 2.24) is 15.5 Å². The summed E-state index contributed by atoms with van der Waals surface area (Å²) in [6.07, 6.45) is 0. The van der Waals surface area contributed by atoms with Crippen LogP contribution in [-0.2, 0) is 14.8 Å². The molecule has 0 saturated heterocycles. The van der Waals surface area contributed by atoms with Crippen molar-refractivity contribution in [2.75, 3.05) is 11.4 Å². The van der Waals surface area contributed by atoms with E-state index in [-0.39, 0.29) is 22.0 Å². The lowest BCUT2D eigenvalue weighted by Gasteiger charge is -2.17. The molecular weight excluding hydrogens is 396 g/mol. The summed E-state index contributed by atoms with van der Waals surface area (Å²) in [7, 11) is -2.33. The predicted octanol–water partition coefficient (Wildman–Crippen LogP) is 3.23. The van der Waals surface area contributed by atoms with Gasteiger partial charge in [-0.1, -0.05) is 30.3 Å². The molecule has 0 fully saturated rings. The second-order valence-corrected chi connectivity index (χ2v) is 9.51. The van der Waals surface area contributed by atoms with Crippen LogP contribution < -0.4 is 9.62 Å². The Labute approximate surface area is 168 Å². The first-order chi connectivity index (χ1) is 13.3. The van der Waals surface area contributed by atoms with Gasteiger partial charge in [0.1, 0.15) is 4.21 Å². The zero-order chi connectivity index (χ0) is 20.3. The Kier molecular flexibility index (Phi) is 5.76. The lowest BCUT2D eigenvalue weighted by Crippen LogP contribution is -2.27. The van der Waals surface area contributed by atoms with Gasteiger partial charge in [-0.25, -0.2) is 8.42 Å². The third-order valence-corrected chi connectivity index (χ3v) is 7.60. The molecule has 0 radical (unpaired) electrons. The second-order valence-electron chi connectivity index (χ2n) is 6.19. The first-order valence-electron chi connectivity index (χ1n) is 8.54. The quantitative estimate of drug-likeness (QED) is 0.666. The number of hydrogen-bond donors (Lipinski definition) is 1. The summed E-state index contributed by atoms with van der Waals surface area (Å²) < 4.78 is 27.1. The van der Waals surface area contributed by atoms with Gasteiger partial charge in [-0.2, -0.15) is 0 Å². The van der Waals surface area contributed by atoms with Gasteiger partial charge in [-0.3, -0.25) is 9.10 Å². The van der Waals surface area contributed by atoms with Crippen LogP contribution in [0.5, 0.6) is 0 Å². The van der Waals surface area contributed by atoms with E-state index in [1.165, 1.54) is 20.0 Å². The summed E-state index contributed by atoms with van der Waals surface area (Å²) in [5.41, 5.74) is 1.57. The second kappa shape index (κ2) is 8.07. The average molecular weight is 417 g/mol. The Hall–Kier alpha value is -2.78. The van der Waals surface area contributed by atoms with Gasteiger partial charge in [0.2, 0.25) is 5.91 Å². The van der Waals surface area contributed by atoms with Crippen LogP contribution in [0.1, 0.15) is 24.8 Å². The number of sulfonamides is 1. The van der Waals surface area contributed by atoms with Gasteiger partial charge in [0.15, 0.2) is 5.82 Å². The largest absolute Gasteiger partial charge is 0.349 e. The summed E-state index contributed by atoms with van der Waals surface area (Å²) in [4.78, 5) is 12.0. The Balaban J connectivity index is 1.82. The molecule has 28 heavy (non-hydrogen) atoms. The number of hydrogen-bond acceptors (Lipinski definition) is 6. The molecule has 0 bridgehead atoms. The highest BCUT2D eigenvalue weighted by Crippen LogP contribution is 2.30. The Bertz CT molecular complexity index is 1060. The summed E-state index contributed by atoms with van der Waals surface area (Å²) in [6, 6.07) is 15.9. The number of thiophene rings is 1. The SMILES string of the molecule is CC(=O)NC(C)c1ccc(S(=O)(=O)N(C)c2ccc(-c3ccccc3)nn2)s1. The maximum absolute atomic E-state index is 12.9. The molecule has 1 unspecified atom stereocenters. The molecule has 9 heteroatoms. The van der Waals surface area contributed by atoms with Crippen molar-refractivity contribution < 1.29 is 13.2 Å². The molecule has 1 atom stereocenters. The molecule has 1 aromatic carbocycles. The van der Waals surface area contributed by atoms with Crippen molar-refractivity contribution >= 4 is 33.1 Å². The number of nitrogens with zero attached hydrogens (tertiary/aromatic N) is 3. The number of carbonyl (C=O) groups is 1. The maximum atomic E-state index is 12.9. The van der Waals surface area contributed by atoms with Crippen molar-refractivity contribution in [3.63, 3.8) is 0 Å². The minimum absolute atomic E-state index is 0.170. The van der Waals surface area contributed by atoms with Gasteiger partial charge in [0.25, 0.3) is 10.0 Å². The van der Waals surface area contributed by atoms with Crippen molar-refractivity contribution in [2.24, 2.45) is 0 Å². The first kappa shape index (κ1) is 20.0. The average Bonchev–Trinajstić information content (AvgIpc) is 3.19. The van der Waals surface area contributed by atoms with Crippen LogP contribution in [0.3, 0.4) is 0 Å². The highest BCUT2D eigenvalue weighted by atomic mass is 32.2. The molecule has 3 aromatic rings. The van der Waals surface area contributed by atoms with Crippen molar-refractivity contribution in [2.45, 2.75) is 24.1 Å². The normalized spacial score (nSPS) is 12.4. The third-order valence-electron chi connectivity index (χ3n) is 4.11. The number of rotatable bonds is 6. The fourth-order valence-corrected chi connectivity index (χ4v) is 5.23. The van der Waals surface area contributed by atoms with Crippen molar-refractivity contribution in [3.05, 3.63) is 59.5 Å². The van der Waals surface area contributed by atoms with E-state index in [0.717, 1.165) is 26.1 Å². The maximum Gasteiger partial charge on any atom is 0.274 e. The fraction of sp³-hybridized carbons (Fsp3) is 0.211. The molecule has 0 aliphatic heterocycles. The van der Waals surface area contributed by atoms with Crippen LogP contribution in [0.2, 0.25) is 0 Å². The van der Waals surface area contributed by atoms with E-state index in [1.807, 2.05) is 30.3 Å². The summed E-state index contributed by atoms with van der Waals surface area (Å²) in [5, 5.41) is 11.0. The van der Waals surface area contributed by atoms with Crippen LogP contribution in [0.15, 0.2) is 58.8 Å². The van der Waals surface area contributed by atoms with Crippen molar-refractivity contribution in [3.8, 4) is 11.3 Å². The summed E-state index contributed by atoms with van der Waals surface area (Å²) in [6.45, 7) is 3.23. The Morgan fingerprint density at radius 1 is 1.07 bits per heavy atom. The van der Waals surface area contributed by atoms with Gasteiger partial charge in [-0.15, -0.1) is 21.5 Å². The summed E-state index contributed by atoms with van der Waals surface area (Å²) in [5.74, 6) is 0.0562. The molecular formula is C19H20N4O3S2. The fourth-order valence-electron chi connectivity index (χ4n) is 2.60. The number of amides is 1. The molecule has 3 rings (SSSR count). The monoisotopic (exact) mass is 416 g/mol. The minimum atomic E-state index is -3.77. The van der Waals surface area contributed by atoms with Gasteiger partial charge in [0, 0.05) is 24.4 Å². The predicted molar refractivity (Wildman–Crippen MR) is 110 cm³/mol. The highest BCUT2D eigenvalue weighted by Gasteiger charge is 2.25. The molecule has 0 spiro atoms. The van der Waals surface area contributed by atoms with Gasteiger partial charge >= 0.3 is 0 Å². The van der Waals surface area contributed by atoms with Crippen LogP contribution in [0, 0.1) is 0 Å². The van der Waals surface area contributed by atoms with E-state index < -0.39 is 10.0 Å². The van der Waals surface area contributed by atoms with E-state index in [2.05, 4.69) is 15.5 Å². The molecule has 146 valence electrons. The van der Waals surface area contributed by atoms with E-state index in [0.29, 0.717) is 5.69 Å². The molecule has 0 aliphatic rings. The summed E-state index contributed by atoms with van der Waals surface area (Å²) >= 11 is 1.12. The minimum Gasteiger partial charge on any atom is -0.349 e. The topological polar surface area (TPSA) is 92.3 Å². The van der Waals surface area contributed by atoms with E-state index in [4.69, 9.17) is 0 Å². The van der Waals surface area contributed by atoms with Crippen molar-refractivity contribution in [1.29, 1.82) is 0 Å². The lowest BCUT2D eigenvalue weighted by atomic mass is 10.1. The number of carbonyl (C=O) groups excluding carboxylic acids is 1. The Morgan fingerprint density at radius 3 is 2.39 bits per heavy atom. The highest BCUT2D eigenvalue weighted by molar-refractivity contribution is 7.94. The lowest BCUT2D eigenvalue weighted by molar-refractivity contribution is -0.119. The molecule has 1 N–H and O–H groups in total. The van der Waals surface area contributed by atoms with E-state index >= 15 is 0 Å². The molecule has 0 saturated carbocycles. The van der Waals surface area contributed by atoms with E-state index in [1.54, 1.807) is 25.1 Å². The van der Waals surface area contributed by atoms with Crippen LogP contribution in [0.25, 0.3) is 11.3 Å². The van der Waals surface area contributed by atoms with Crippen LogP contribution >= 0.6 is 11.3 Å². The molecule has 2 aromatic heterocycles. The zero-order valence-electron chi connectivity index (χ0n) is 15.7. The first-order valence-corrected chi connectivity index (χ1v) is 10.8. The number of nitrogens with one attached hydrogen (secondary N) is 1. The van der Waals surface area contributed by atoms with Gasteiger partial charge < -0.3 is 5.32 Å². The molecule has 1 amide bonds. The standard InChI is InChI=1S/C19H20N4O3S2/c1-13(20-14(2)24)17-10-12-19(27-17)28(25,26)23(3)18-11-9-16(21-22-18)15-7-5-4-6-8-15/h4-13H,1-3H3,(H,20,24). The zero-order valence-corrected chi connectivity index (χ0v) is 17.3. The van der Waals surface area contributed by atoms with Crippen LogP contribution in [0.4, 0.5) is 5.82 Å². The van der Waals surface area contributed by atoms with E-state index in [9.17, 15) is 13.2 Å². The number of anilines is 1. The molecule has 0 aliphatic carbocycles. The van der Waals surface area contributed by atoms with Gasteiger partial charge in [0.05, 0.1) is 11.7 Å². The number of aromatic nitrogens is 2. The molecule has 7 nitrogen and oxygen atoms in total. The Morgan fingerprint density at radius 2 is 1.79 bits per heavy atom.